The number of thiazole rings is 1. The van der Waals surface area contributed by atoms with Gasteiger partial charge in [0.15, 0.2) is 4.96 Å². The standard InChI is InChI=1S/C14H19N5S/c1-10-6-16-19(8-10)12(3)11(2)15-7-13-9-18-4-5-20-14(18)17-13/h4-6,8-9,11-12,15H,7H2,1-3H3. The third kappa shape index (κ3) is 2.62. The van der Waals surface area contributed by atoms with Crippen LogP contribution in [-0.4, -0.2) is 25.2 Å². The number of nitrogens with one attached hydrogen (secondary N) is 1. The quantitative estimate of drug-likeness (QED) is 0.785. The number of hydrogen-bond donors (Lipinski definition) is 1. The smallest absolute Gasteiger partial charge is 0.193 e. The van der Waals surface area contributed by atoms with Crippen LogP contribution >= 0.6 is 11.3 Å². The average molecular weight is 289 g/mol. The monoisotopic (exact) mass is 289 g/mol. The van der Waals surface area contributed by atoms with E-state index in [1.165, 1.54) is 5.56 Å². The molecule has 0 spiro atoms. The fourth-order valence-electron chi connectivity index (χ4n) is 2.18. The number of imidazole rings is 1. The van der Waals surface area contributed by atoms with E-state index < -0.39 is 0 Å². The molecule has 0 aromatic carbocycles. The molecule has 2 unspecified atom stereocenters. The van der Waals surface area contributed by atoms with Gasteiger partial charge in [0.1, 0.15) is 0 Å². The Balaban J connectivity index is 1.61. The third-order valence-corrected chi connectivity index (χ3v) is 4.39. The summed E-state index contributed by atoms with van der Waals surface area (Å²) in [4.78, 5) is 5.62. The van der Waals surface area contributed by atoms with Crippen LogP contribution in [0.1, 0.15) is 31.1 Å². The lowest BCUT2D eigenvalue weighted by Gasteiger charge is -2.21. The van der Waals surface area contributed by atoms with Gasteiger partial charge in [0, 0.05) is 36.6 Å². The van der Waals surface area contributed by atoms with Crippen molar-refractivity contribution < 1.29 is 0 Å². The Labute approximate surface area is 122 Å². The van der Waals surface area contributed by atoms with Crippen LogP contribution in [0.3, 0.4) is 0 Å². The summed E-state index contributed by atoms with van der Waals surface area (Å²) in [6.07, 6.45) is 8.09. The molecule has 6 heteroatoms. The van der Waals surface area contributed by atoms with Gasteiger partial charge < -0.3 is 5.32 Å². The van der Waals surface area contributed by atoms with Crippen molar-refractivity contribution in [3.05, 3.63) is 41.4 Å². The summed E-state index contributed by atoms with van der Waals surface area (Å²) in [5, 5.41) is 9.95. The minimum atomic E-state index is 0.312. The van der Waals surface area contributed by atoms with Crippen molar-refractivity contribution in [1.29, 1.82) is 0 Å². The van der Waals surface area contributed by atoms with E-state index in [-0.39, 0.29) is 0 Å². The lowest BCUT2D eigenvalue weighted by molar-refractivity contribution is 0.364. The topological polar surface area (TPSA) is 47.2 Å². The molecule has 0 saturated carbocycles. The second kappa shape index (κ2) is 5.38. The highest BCUT2D eigenvalue weighted by Gasteiger charge is 2.14. The highest BCUT2D eigenvalue weighted by atomic mass is 32.1. The summed E-state index contributed by atoms with van der Waals surface area (Å²) in [6.45, 7) is 7.20. The zero-order valence-corrected chi connectivity index (χ0v) is 12.8. The number of aromatic nitrogens is 4. The Morgan fingerprint density at radius 1 is 1.35 bits per heavy atom. The number of rotatable bonds is 5. The normalized spacial score (nSPS) is 14.8. The highest BCUT2D eigenvalue weighted by Crippen LogP contribution is 2.13. The Hall–Kier alpha value is -1.66. The molecule has 0 bridgehead atoms. The lowest BCUT2D eigenvalue weighted by Crippen LogP contribution is -2.33. The van der Waals surface area contributed by atoms with Crippen LogP contribution in [0.4, 0.5) is 0 Å². The molecule has 3 heterocycles. The van der Waals surface area contributed by atoms with Crippen LogP contribution in [0.25, 0.3) is 4.96 Å². The van der Waals surface area contributed by atoms with Gasteiger partial charge in [0.05, 0.1) is 17.9 Å². The van der Waals surface area contributed by atoms with Gasteiger partial charge in [-0.05, 0) is 26.3 Å². The van der Waals surface area contributed by atoms with E-state index in [0.717, 1.165) is 17.2 Å². The molecule has 5 nitrogen and oxygen atoms in total. The van der Waals surface area contributed by atoms with Crippen LogP contribution in [0, 0.1) is 6.92 Å². The molecule has 0 aliphatic heterocycles. The van der Waals surface area contributed by atoms with E-state index >= 15 is 0 Å². The first kappa shape index (κ1) is 13.3. The molecular formula is C14H19N5S. The third-order valence-electron chi connectivity index (χ3n) is 3.62. The van der Waals surface area contributed by atoms with E-state index in [1.54, 1.807) is 11.3 Å². The average Bonchev–Trinajstić information content (AvgIpc) is 3.10. The largest absolute Gasteiger partial charge is 0.306 e. The van der Waals surface area contributed by atoms with Gasteiger partial charge in [-0.25, -0.2) is 4.98 Å². The molecule has 3 aromatic rings. The van der Waals surface area contributed by atoms with Crippen LogP contribution in [0.2, 0.25) is 0 Å². The molecule has 0 amide bonds. The SMILES string of the molecule is Cc1cnn(C(C)C(C)NCc2cn3ccsc3n2)c1. The fourth-order valence-corrected chi connectivity index (χ4v) is 2.90. The van der Waals surface area contributed by atoms with Gasteiger partial charge in [0.25, 0.3) is 0 Å². The second-order valence-electron chi connectivity index (χ2n) is 5.23. The Morgan fingerprint density at radius 2 is 2.20 bits per heavy atom. The first-order chi connectivity index (χ1) is 9.63. The van der Waals surface area contributed by atoms with Crippen molar-refractivity contribution in [3.63, 3.8) is 0 Å². The molecule has 3 rings (SSSR count). The fraction of sp³-hybridized carbons (Fsp3) is 0.429. The minimum Gasteiger partial charge on any atom is -0.306 e. The summed E-state index contributed by atoms with van der Waals surface area (Å²) in [7, 11) is 0. The van der Waals surface area contributed by atoms with E-state index in [1.807, 2.05) is 22.5 Å². The van der Waals surface area contributed by atoms with Crippen molar-refractivity contribution >= 4 is 16.3 Å². The maximum atomic E-state index is 4.58. The predicted octanol–water partition coefficient (Wildman–Crippen LogP) is 2.64. The molecule has 0 fully saturated rings. The molecule has 0 radical (unpaired) electrons. The van der Waals surface area contributed by atoms with Crippen molar-refractivity contribution in [2.45, 2.75) is 39.4 Å². The number of nitrogens with zero attached hydrogens (tertiary/aromatic N) is 4. The first-order valence-electron chi connectivity index (χ1n) is 6.78. The Bertz CT molecular complexity index is 667. The molecule has 106 valence electrons. The minimum absolute atomic E-state index is 0.312. The summed E-state index contributed by atoms with van der Waals surface area (Å²) < 4.78 is 4.07. The molecule has 20 heavy (non-hydrogen) atoms. The second-order valence-corrected chi connectivity index (χ2v) is 6.11. The van der Waals surface area contributed by atoms with Gasteiger partial charge in [-0.15, -0.1) is 11.3 Å². The zero-order valence-electron chi connectivity index (χ0n) is 11.9. The predicted molar refractivity (Wildman–Crippen MR) is 81.0 cm³/mol. The maximum absolute atomic E-state index is 4.58. The highest BCUT2D eigenvalue weighted by molar-refractivity contribution is 7.15. The molecular weight excluding hydrogens is 270 g/mol. The van der Waals surface area contributed by atoms with Gasteiger partial charge in [-0.1, -0.05) is 0 Å². The summed E-state index contributed by atoms with van der Waals surface area (Å²) in [5.74, 6) is 0. The van der Waals surface area contributed by atoms with Gasteiger partial charge >= 0.3 is 0 Å². The van der Waals surface area contributed by atoms with Gasteiger partial charge in [-0.2, -0.15) is 5.10 Å². The van der Waals surface area contributed by atoms with E-state index in [0.29, 0.717) is 12.1 Å². The zero-order chi connectivity index (χ0) is 14.1. The number of fused-ring (bicyclic) bond motifs is 1. The maximum Gasteiger partial charge on any atom is 0.193 e. The van der Waals surface area contributed by atoms with Crippen molar-refractivity contribution in [3.8, 4) is 0 Å². The van der Waals surface area contributed by atoms with Gasteiger partial charge in [-0.3, -0.25) is 9.08 Å². The van der Waals surface area contributed by atoms with Crippen LogP contribution < -0.4 is 5.32 Å². The van der Waals surface area contributed by atoms with Crippen LogP contribution in [0.15, 0.2) is 30.2 Å². The Kier molecular flexibility index (Phi) is 3.58. The molecule has 3 aromatic heterocycles. The molecule has 1 N–H and O–H groups in total. The molecule has 2 atom stereocenters. The molecule has 0 aliphatic carbocycles. The van der Waals surface area contributed by atoms with E-state index in [9.17, 15) is 0 Å². The first-order valence-corrected chi connectivity index (χ1v) is 7.66. The van der Waals surface area contributed by atoms with E-state index in [4.69, 9.17) is 0 Å². The van der Waals surface area contributed by atoms with Gasteiger partial charge in [0.2, 0.25) is 0 Å². The Morgan fingerprint density at radius 3 is 2.90 bits per heavy atom. The number of hydrogen-bond acceptors (Lipinski definition) is 4. The van der Waals surface area contributed by atoms with Crippen LogP contribution in [0.5, 0.6) is 0 Å². The van der Waals surface area contributed by atoms with E-state index in [2.05, 4.69) is 53.0 Å². The van der Waals surface area contributed by atoms with Crippen molar-refractivity contribution in [1.82, 2.24) is 24.5 Å². The molecule has 0 aliphatic rings. The lowest BCUT2D eigenvalue weighted by atomic mass is 10.1. The van der Waals surface area contributed by atoms with Crippen molar-refractivity contribution in [2.75, 3.05) is 0 Å². The summed E-state index contributed by atoms with van der Waals surface area (Å²) in [6, 6.07) is 0.640. The molecule has 0 saturated heterocycles. The summed E-state index contributed by atoms with van der Waals surface area (Å²) in [5.41, 5.74) is 2.27. The van der Waals surface area contributed by atoms with Crippen molar-refractivity contribution in [2.24, 2.45) is 0 Å². The summed E-state index contributed by atoms with van der Waals surface area (Å²) >= 11 is 1.66. The number of aryl methyl sites for hydroxylation is 1. The van der Waals surface area contributed by atoms with Crippen LogP contribution in [-0.2, 0) is 6.54 Å².